The number of rotatable bonds is 8. The quantitative estimate of drug-likeness (QED) is 0.605. The van der Waals surface area contributed by atoms with Gasteiger partial charge in [-0.2, -0.15) is 0 Å². The number of likely N-dealkylation sites (tertiary alicyclic amines) is 1. The zero-order chi connectivity index (χ0) is 18.2. The third-order valence-electron chi connectivity index (χ3n) is 5.41. The largest absolute Gasteiger partial charge is 0.493 e. The third kappa shape index (κ3) is 3.29. The molecule has 0 radical (unpaired) electrons. The number of hydrogen-bond donors (Lipinski definition) is 3. The van der Waals surface area contributed by atoms with Gasteiger partial charge in [0.1, 0.15) is 0 Å². The number of primary amides is 1. The smallest absolute Gasteiger partial charge is 0.255 e. The molecule has 1 aliphatic heterocycles. The van der Waals surface area contributed by atoms with Crippen molar-refractivity contribution in [1.29, 1.82) is 0 Å². The number of fused-ring (bicyclic) bond motifs is 1. The fraction of sp³-hybridized carbons (Fsp3) is 0.588. The summed E-state index contributed by atoms with van der Waals surface area (Å²) < 4.78 is 10.6. The Morgan fingerprint density at radius 1 is 1.36 bits per heavy atom. The van der Waals surface area contributed by atoms with Crippen LogP contribution in [-0.2, 0) is 11.3 Å². The van der Waals surface area contributed by atoms with Gasteiger partial charge in [0.05, 0.1) is 25.3 Å². The van der Waals surface area contributed by atoms with Crippen LogP contribution in [0, 0.1) is 17.3 Å². The van der Waals surface area contributed by atoms with Gasteiger partial charge in [-0.05, 0) is 29.5 Å². The minimum absolute atomic E-state index is 0.0399. The van der Waals surface area contributed by atoms with E-state index in [1.54, 1.807) is 6.07 Å². The van der Waals surface area contributed by atoms with Crippen LogP contribution in [-0.4, -0.2) is 61.0 Å². The molecule has 8 heteroatoms. The maximum absolute atomic E-state index is 10.9. The maximum Gasteiger partial charge on any atom is 0.255 e. The second kappa shape index (κ2) is 6.99. The van der Waals surface area contributed by atoms with Gasteiger partial charge in [-0.25, -0.2) is 0 Å². The molecular weight excluding hydrogens is 348 g/mol. The zero-order valence-electron chi connectivity index (χ0n) is 14.1. The van der Waals surface area contributed by atoms with Gasteiger partial charge in [-0.1, -0.05) is 11.6 Å². The van der Waals surface area contributed by atoms with Crippen LogP contribution in [0.5, 0.6) is 11.5 Å². The summed E-state index contributed by atoms with van der Waals surface area (Å²) >= 11 is 6.27. The Balaban J connectivity index is 1.66. The summed E-state index contributed by atoms with van der Waals surface area (Å²) in [4.78, 5) is 13.2. The highest BCUT2D eigenvalue weighted by Gasteiger charge is 2.67. The van der Waals surface area contributed by atoms with Crippen LogP contribution in [0.3, 0.4) is 0 Å². The number of nitrogens with zero attached hydrogens (tertiary/aromatic N) is 1. The van der Waals surface area contributed by atoms with Crippen molar-refractivity contribution in [3.05, 3.63) is 22.7 Å². The number of methoxy groups -OCH3 is 1. The van der Waals surface area contributed by atoms with Crippen molar-refractivity contribution in [3.8, 4) is 11.5 Å². The summed E-state index contributed by atoms with van der Waals surface area (Å²) in [5.41, 5.74) is 5.77. The standard InChI is InChI=1S/C17H23ClN2O5/c1-24-14-3-10(2-13(18)16(14)25-7-15(19)23)4-20-5-11-12(6-20)17(11,8-21)9-22/h2-3,11-12,21-22H,4-9H2,1H3,(H2,19,23). The number of hydrogen-bond acceptors (Lipinski definition) is 6. The number of amides is 1. The predicted molar refractivity (Wildman–Crippen MR) is 91.6 cm³/mol. The van der Waals surface area contributed by atoms with Crippen LogP contribution in [0.25, 0.3) is 0 Å². The van der Waals surface area contributed by atoms with E-state index in [2.05, 4.69) is 4.90 Å². The van der Waals surface area contributed by atoms with E-state index in [-0.39, 0.29) is 25.2 Å². The Labute approximate surface area is 151 Å². The fourth-order valence-corrected chi connectivity index (χ4v) is 4.26. The van der Waals surface area contributed by atoms with Crippen molar-refractivity contribution >= 4 is 17.5 Å². The molecule has 1 aromatic carbocycles. The molecule has 0 aromatic heterocycles. The molecule has 7 nitrogen and oxygen atoms in total. The monoisotopic (exact) mass is 370 g/mol. The highest BCUT2D eigenvalue weighted by Crippen LogP contribution is 2.62. The van der Waals surface area contributed by atoms with Crippen LogP contribution in [0.4, 0.5) is 0 Å². The highest BCUT2D eigenvalue weighted by molar-refractivity contribution is 6.32. The third-order valence-corrected chi connectivity index (χ3v) is 5.69. The van der Waals surface area contributed by atoms with Gasteiger partial charge in [0.15, 0.2) is 18.1 Å². The van der Waals surface area contributed by atoms with E-state index in [9.17, 15) is 15.0 Å². The van der Waals surface area contributed by atoms with E-state index in [1.807, 2.05) is 6.07 Å². The predicted octanol–water partition coefficient (Wildman–Crippen LogP) is 0.245. The van der Waals surface area contributed by atoms with E-state index in [4.69, 9.17) is 26.8 Å². The van der Waals surface area contributed by atoms with Crippen LogP contribution in [0.15, 0.2) is 12.1 Å². The number of nitrogens with two attached hydrogens (primary N) is 1. The first-order chi connectivity index (χ1) is 11.9. The lowest BCUT2D eigenvalue weighted by molar-refractivity contribution is -0.119. The maximum atomic E-state index is 10.9. The molecule has 2 fully saturated rings. The number of carbonyl (C=O) groups is 1. The Morgan fingerprint density at radius 3 is 2.52 bits per heavy atom. The summed E-state index contributed by atoms with van der Waals surface area (Å²) in [5, 5.41) is 19.4. The molecule has 1 heterocycles. The number of ether oxygens (including phenoxy) is 2. The Morgan fingerprint density at radius 2 is 2.00 bits per heavy atom. The van der Waals surface area contributed by atoms with E-state index in [1.165, 1.54) is 7.11 Å². The van der Waals surface area contributed by atoms with Gasteiger partial charge < -0.3 is 25.4 Å². The van der Waals surface area contributed by atoms with E-state index in [0.717, 1.165) is 18.7 Å². The van der Waals surface area contributed by atoms with E-state index >= 15 is 0 Å². The van der Waals surface area contributed by atoms with Crippen molar-refractivity contribution in [2.24, 2.45) is 23.0 Å². The number of benzene rings is 1. The highest BCUT2D eigenvalue weighted by atomic mass is 35.5. The SMILES string of the molecule is COc1cc(CN2CC3C(C2)C3(CO)CO)cc(Cl)c1OCC(N)=O. The Kier molecular flexibility index (Phi) is 5.11. The lowest BCUT2D eigenvalue weighted by Crippen LogP contribution is -2.31. The first-order valence-electron chi connectivity index (χ1n) is 8.16. The van der Waals surface area contributed by atoms with Crippen molar-refractivity contribution in [1.82, 2.24) is 4.90 Å². The van der Waals surface area contributed by atoms with E-state index < -0.39 is 5.91 Å². The zero-order valence-corrected chi connectivity index (χ0v) is 14.8. The van der Waals surface area contributed by atoms with Crippen LogP contribution >= 0.6 is 11.6 Å². The molecule has 2 aliphatic rings. The molecule has 138 valence electrons. The van der Waals surface area contributed by atoms with Crippen molar-refractivity contribution < 1.29 is 24.5 Å². The second-order valence-corrected chi connectivity index (χ2v) is 7.23. The van der Waals surface area contributed by atoms with Crippen molar-refractivity contribution in [2.45, 2.75) is 6.54 Å². The summed E-state index contributed by atoms with van der Waals surface area (Å²) in [7, 11) is 1.51. The van der Waals surface area contributed by atoms with Gasteiger partial charge in [0.25, 0.3) is 5.91 Å². The molecule has 2 unspecified atom stereocenters. The topological polar surface area (TPSA) is 105 Å². The minimum Gasteiger partial charge on any atom is -0.493 e. The minimum atomic E-state index is -0.588. The van der Waals surface area contributed by atoms with Gasteiger partial charge in [0.2, 0.25) is 0 Å². The molecule has 0 bridgehead atoms. The number of halogens is 1. The molecule has 2 atom stereocenters. The van der Waals surface area contributed by atoms with E-state index in [0.29, 0.717) is 34.9 Å². The number of carbonyl (C=O) groups excluding carboxylic acids is 1. The molecule has 1 aromatic rings. The fourth-order valence-electron chi connectivity index (χ4n) is 3.97. The average Bonchev–Trinajstić information content (AvgIpc) is 2.94. The molecule has 1 saturated carbocycles. The lowest BCUT2D eigenvalue weighted by atomic mass is 10.0. The first kappa shape index (κ1) is 18.3. The summed E-state index contributed by atoms with van der Waals surface area (Å²) in [6.07, 6.45) is 0. The lowest BCUT2D eigenvalue weighted by Gasteiger charge is -2.24. The molecule has 1 saturated heterocycles. The van der Waals surface area contributed by atoms with Crippen LogP contribution in [0.1, 0.15) is 5.56 Å². The molecule has 3 rings (SSSR count). The van der Waals surface area contributed by atoms with Gasteiger partial charge in [0, 0.05) is 25.0 Å². The van der Waals surface area contributed by atoms with Crippen molar-refractivity contribution in [3.63, 3.8) is 0 Å². The summed E-state index contributed by atoms with van der Waals surface area (Å²) in [6, 6.07) is 3.62. The molecule has 25 heavy (non-hydrogen) atoms. The van der Waals surface area contributed by atoms with Crippen LogP contribution < -0.4 is 15.2 Å². The van der Waals surface area contributed by atoms with Gasteiger partial charge in [-0.3, -0.25) is 9.69 Å². The average molecular weight is 371 g/mol. The molecule has 1 aliphatic carbocycles. The molecular formula is C17H23ClN2O5. The van der Waals surface area contributed by atoms with Gasteiger partial charge >= 0.3 is 0 Å². The van der Waals surface area contributed by atoms with Gasteiger partial charge in [-0.15, -0.1) is 0 Å². The number of piperidine rings is 1. The first-order valence-corrected chi connectivity index (χ1v) is 8.54. The summed E-state index contributed by atoms with van der Waals surface area (Å²) in [5.74, 6) is 0.856. The Bertz CT molecular complexity index is 651. The Hall–Kier alpha value is -1.54. The van der Waals surface area contributed by atoms with Crippen LogP contribution in [0.2, 0.25) is 5.02 Å². The second-order valence-electron chi connectivity index (χ2n) is 6.82. The summed E-state index contributed by atoms with van der Waals surface area (Å²) in [6.45, 7) is 2.18. The number of aliphatic hydroxyl groups excluding tert-OH is 2. The molecule has 1 amide bonds. The normalized spacial score (nSPS) is 24.0. The number of aliphatic hydroxyl groups is 2. The molecule has 0 spiro atoms. The molecule has 4 N–H and O–H groups in total. The van der Waals surface area contributed by atoms with Crippen molar-refractivity contribution in [2.75, 3.05) is 40.0 Å².